The molecule has 0 heterocycles. The Balaban J connectivity index is 2.90. The molecule has 0 aliphatic heterocycles. The number of rotatable bonds is 9. The Bertz CT molecular complexity index is 1010. The highest BCUT2D eigenvalue weighted by molar-refractivity contribution is 6.10. The standard InChI is InChI=1S/C18H16N4O9/c19-12-8-6-11(7-9-12)16(25)20(13-4-2-1-3-5-13)18(17(26)27,22(30)31)14(21(28)29)10-15(23)24/h1-9,14H,10,19H2,(H,23,24)(H,26,27)/t14?,18-/m1/s1. The fourth-order valence-electron chi connectivity index (χ4n) is 3.00. The van der Waals surface area contributed by atoms with Gasteiger partial charge in [0, 0.05) is 16.2 Å². The van der Waals surface area contributed by atoms with Crippen molar-refractivity contribution in [2.45, 2.75) is 18.1 Å². The predicted molar refractivity (Wildman–Crippen MR) is 105 cm³/mol. The minimum Gasteiger partial charge on any atom is -0.481 e. The molecule has 0 aliphatic rings. The summed E-state index contributed by atoms with van der Waals surface area (Å²) < 4.78 is 0. The molecule has 0 spiro atoms. The van der Waals surface area contributed by atoms with Crippen molar-refractivity contribution < 1.29 is 34.4 Å². The van der Waals surface area contributed by atoms with Gasteiger partial charge in [-0.3, -0.25) is 29.8 Å². The highest BCUT2D eigenvalue weighted by Crippen LogP contribution is 2.33. The van der Waals surface area contributed by atoms with Crippen LogP contribution in [0.4, 0.5) is 11.4 Å². The molecule has 0 saturated heterocycles. The second-order valence-corrected chi connectivity index (χ2v) is 6.29. The summed E-state index contributed by atoms with van der Waals surface area (Å²) in [6.45, 7) is 0. The van der Waals surface area contributed by atoms with E-state index >= 15 is 0 Å². The van der Waals surface area contributed by atoms with E-state index in [1.54, 1.807) is 0 Å². The number of nitrogens with two attached hydrogens (primary N) is 1. The zero-order chi connectivity index (χ0) is 23.3. The van der Waals surface area contributed by atoms with Crippen LogP contribution < -0.4 is 10.6 Å². The van der Waals surface area contributed by atoms with Gasteiger partial charge in [0.1, 0.15) is 6.42 Å². The first-order valence-electron chi connectivity index (χ1n) is 8.51. The molecule has 1 unspecified atom stereocenters. The number of carbonyl (C=O) groups excluding carboxylic acids is 1. The van der Waals surface area contributed by atoms with Gasteiger partial charge in [0.25, 0.3) is 5.91 Å². The van der Waals surface area contributed by atoms with Gasteiger partial charge in [0.05, 0.1) is 10.6 Å². The minimum atomic E-state index is -3.78. The van der Waals surface area contributed by atoms with Crippen LogP contribution in [0.5, 0.6) is 0 Å². The minimum absolute atomic E-state index is 0.122. The molecular formula is C18H16N4O9. The van der Waals surface area contributed by atoms with E-state index in [0.717, 1.165) is 24.3 Å². The number of carboxylic acid groups (broad SMARTS) is 2. The number of hydrogen-bond acceptors (Lipinski definition) is 8. The number of nitrogen functional groups attached to an aromatic ring is 1. The second-order valence-electron chi connectivity index (χ2n) is 6.29. The number of para-hydroxylation sites is 1. The molecule has 0 fully saturated rings. The summed E-state index contributed by atoms with van der Waals surface area (Å²) in [5, 5.41) is 42.7. The molecule has 0 bridgehead atoms. The molecule has 2 aromatic rings. The van der Waals surface area contributed by atoms with Crippen LogP contribution >= 0.6 is 0 Å². The zero-order valence-electron chi connectivity index (χ0n) is 15.7. The fourth-order valence-corrected chi connectivity index (χ4v) is 3.00. The van der Waals surface area contributed by atoms with E-state index in [0.29, 0.717) is 0 Å². The zero-order valence-corrected chi connectivity index (χ0v) is 15.7. The van der Waals surface area contributed by atoms with Crippen LogP contribution in [0.3, 0.4) is 0 Å². The van der Waals surface area contributed by atoms with Crippen molar-refractivity contribution in [2.24, 2.45) is 0 Å². The van der Waals surface area contributed by atoms with Gasteiger partial charge >= 0.3 is 23.6 Å². The summed E-state index contributed by atoms with van der Waals surface area (Å²) in [5.74, 6) is -5.52. The molecule has 2 atom stereocenters. The third-order valence-corrected chi connectivity index (χ3v) is 4.40. The van der Waals surface area contributed by atoms with E-state index in [1.807, 2.05) is 0 Å². The van der Waals surface area contributed by atoms with Crippen LogP contribution in [-0.2, 0) is 9.59 Å². The van der Waals surface area contributed by atoms with Gasteiger partial charge in [-0.05, 0) is 36.4 Å². The topological polar surface area (TPSA) is 207 Å². The lowest BCUT2D eigenvalue weighted by atomic mass is 9.93. The number of aliphatic carboxylic acids is 2. The van der Waals surface area contributed by atoms with Gasteiger partial charge in [-0.2, -0.15) is 0 Å². The Morgan fingerprint density at radius 2 is 1.55 bits per heavy atom. The van der Waals surface area contributed by atoms with E-state index in [4.69, 9.17) is 10.8 Å². The lowest BCUT2D eigenvalue weighted by molar-refractivity contribution is -0.638. The first kappa shape index (κ1) is 22.7. The smallest absolute Gasteiger partial charge is 0.465 e. The van der Waals surface area contributed by atoms with E-state index in [1.165, 1.54) is 30.3 Å². The van der Waals surface area contributed by atoms with E-state index < -0.39 is 45.8 Å². The van der Waals surface area contributed by atoms with Gasteiger partial charge in [0.2, 0.25) is 0 Å². The maximum absolute atomic E-state index is 13.3. The second kappa shape index (κ2) is 8.86. The maximum Gasteiger partial charge on any atom is 0.465 e. The monoisotopic (exact) mass is 432 g/mol. The predicted octanol–water partition coefficient (Wildman–Crippen LogP) is 1.09. The lowest BCUT2D eigenvalue weighted by Gasteiger charge is -2.34. The Kier molecular flexibility index (Phi) is 6.49. The summed E-state index contributed by atoms with van der Waals surface area (Å²) in [6.07, 6.45) is -1.53. The molecule has 0 radical (unpaired) electrons. The summed E-state index contributed by atoms with van der Waals surface area (Å²) in [7, 11) is 0. The third-order valence-electron chi connectivity index (χ3n) is 4.40. The van der Waals surface area contributed by atoms with Crippen molar-refractivity contribution in [2.75, 3.05) is 10.6 Å². The van der Waals surface area contributed by atoms with Crippen LogP contribution in [0.15, 0.2) is 54.6 Å². The van der Waals surface area contributed by atoms with Crippen LogP contribution in [-0.4, -0.2) is 49.6 Å². The number of amides is 1. The van der Waals surface area contributed by atoms with Crippen LogP contribution in [0.2, 0.25) is 0 Å². The summed E-state index contributed by atoms with van der Waals surface area (Å²) in [6, 6.07) is 8.40. The van der Waals surface area contributed by atoms with Crippen LogP contribution in [0.1, 0.15) is 16.8 Å². The highest BCUT2D eigenvalue weighted by Gasteiger charge is 2.72. The van der Waals surface area contributed by atoms with Gasteiger partial charge in [-0.15, -0.1) is 0 Å². The van der Waals surface area contributed by atoms with Crippen molar-refractivity contribution >= 4 is 29.2 Å². The number of nitro groups is 2. The summed E-state index contributed by atoms with van der Waals surface area (Å²) >= 11 is 0. The number of nitrogens with zero attached hydrogens (tertiary/aromatic N) is 3. The molecule has 2 aromatic carbocycles. The normalized spacial score (nSPS) is 13.4. The van der Waals surface area contributed by atoms with E-state index in [9.17, 15) is 39.7 Å². The van der Waals surface area contributed by atoms with E-state index in [-0.39, 0.29) is 21.8 Å². The van der Waals surface area contributed by atoms with Gasteiger partial charge in [0.15, 0.2) is 0 Å². The quantitative estimate of drug-likeness (QED) is 0.222. The van der Waals surface area contributed by atoms with Gasteiger partial charge in [-0.25, -0.2) is 9.69 Å². The van der Waals surface area contributed by atoms with Crippen LogP contribution in [0, 0.1) is 20.2 Å². The van der Waals surface area contributed by atoms with Crippen LogP contribution in [0.25, 0.3) is 0 Å². The van der Waals surface area contributed by atoms with Crippen molar-refractivity contribution in [3.8, 4) is 0 Å². The molecule has 13 nitrogen and oxygen atoms in total. The number of carbonyl (C=O) groups is 3. The molecule has 13 heteroatoms. The lowest BCUT2D eigenvalue weighted by Crippen LogP contribution is -2.71. The Labute approximate surface area is 173 Å². The molecule has 2 rings (SSSR count). The largest absolute Gasteiger partial charge is 0.481 e. The first-order valence-corrected chi connectivity index (χ1v) is 8.51. The van der Waals surface area contributed by atoms with Crippen molar-refractivity contribution in [1.29, 1.82) is 0 Å². The third kappa shape index (κ3) is 4.24. The number of benzene rings is 2. The number of carboxylic acids is 2. The fraction of sp³-hybridized carbons (Fsp3) is 0.167. The van der Waals surface area contributed by atoms with Crippen molar-refractivity contribution in [1.82, 2.24) is 0 Å². The molecule has 4 N–H and O–H groups in total. The molecule has 0 aliphatic carbocycles. The maximum atomic E-state index is 13.3. The average Bonchev–Trinajstić information content (AvgIpc) is 2.70. The summed E-state index contributed by atoms with van der Waals surface area (Å²) in [4.78, 5) is 57.7. The van der Waals surface area contributed by atoms with Gasteiger partial charge < -0.3 is 15.9 Å². The SMILES string of the molecule is Nc1ccc(C(=O)N(c2ccccc2)[C@](C(=O)O)(C(CC(=O)O)[N+](=O)[O-])[N+](=O)[O-])cc1. The molecule has 0 saturated carbocycles. The Hall–Kier alpha value is -4.55. The molecule has 0 aromatic heterocycles. The molecular weight excluding hydrogens is 416 g/mol. The molecule has 31 heavy (non-hydrogen) atoms. The van der Waals surface area contributed by atoms with E-state index in [2.05, 4.69) is 0 Å². The Morgan fingerprint density at radius 3 is 1.97 bits per heavy atom. The number of anilines is 2. The average molecular weight is 432 g/mol. The molecule has 1 amide bonds. The summed E-state index contributed by atoms with van der Waals surface area (Å²) in [5.41, 5.74) is 1.39. The Morgan fingerprint density at radius 1 is 1.00 bits per heavy atom. The van der Waals surface area contributed by atoms with Crippen molar-refractivity contribution in [3.05, 3.63) is 80.4 Å². The number of hydrogen-bond donors (Lipinski definition) is 3. The van der Waals surface area contributed by atoms with Gasteiger partial charge in [-0.1, -0.05) is 18.2 Å². The molecule has 162 valence electrons. The first-order chi connectivity index (χ1) is 14.5. The van der Waals surface area contributed by atoms with Crippen molar-refractivity contribution in [3.63, 3.8) is 0 Å². The highest BCUT2D eigenvalue weighted by atomic mass is 16.7.